The van der Waals surface area contributed by atoms with E-state index in [0.29, 0.717) is 13.1 Å². The van der Waals surface area contributed by atoms with E-state index < -0.39 is 12.1 Å². The Hall–Kier alpha value is -1.96. The summed E-state index contributed by atoms with van der Waals surface area (Å²) in [5.41, 5.74) is 0.132. The summed E-state index contributed by atoms with van der Waals surface area (Å²) < 4.78 is 1.11. The first-order valence-corrected chi connectivity index (χ1v) is 6.06. The van der Waals surface area contributed by atoms with Gasteiger partial charge < -0.3 is 15.1 Å². The van der Waals surface area contributed by atoms with Gasteiger partial charge in [0, 0.05) is 19.0 Å². The molecule has 2 atom stereocenters. The highest BCUT2D eigenvalue weighted by Gasteiger charge is 2.30. The quantitative estimate of drug-likeness (QED) is 0.740. The van der Waals surface area contributed by atoms with E-state index in [2.05, 4.69) is 10.3 Å². The molecule has 19 heavy (non-hydrogen) atoms. The summed E-state index contributed by atoms with van der Waals surface area (Å²) in [5, 5.41) is 25.4. The van der Waals surface area contributed by atoms with Crippen LogP contribution in [0.15, 0.2) is 6.20 Å². The summed E-state index contributed by atoms with van der Waals surface area (Å²) in [6.45, 7) is 2.45. The molecule has 1 aromatic rings. The van der Waals surface area contributed by atoms with Gasteiger partial charge in [0.2, 0.25) is 0 Å². The SMILES string of the molecule is CC(O)C1CCN(C(=O)c2cn(CC(=O)O)nn2)C1. The summed E-state index contributed by atoms with van der Waals surface area (Å²) in [7, 11) is 0. The van der Waals surface area contributed by atoms with E-state index >= 15 is 0 Å². The molecular formula is C11H16N4O4. The van der Waals surface area contributed by atoms with Gasteiger partial charge in [0.15, 0.2) is 5.69 Å². The summed E-state index contributed by atoms with van der Waals surface area (Å²) in [6, 6.07) is 0. The molecule has 1 fully saturated rings. The molecule has 1 aliphatic heterocycles. The Morgan fingerprint density at radius 1 is 1.58 bits per heavy atom. The Morgan fingerprint density at radius 3 is 2.89 bits per heavy atom. The summed E-state index contributed by atoms with van der Waals surface area (Å²) in [6.07, 6.45) is 1.64. The van der Waals surface area contributed by atoms with Crippen LogP contribution in [-0.4, -0.2) is 61.2 Å². The largest absolute Gasteiger partial charge is 0.480 e. The Morgan fingerprint density at radius 2 is 2.32 bits per heavy atom. The van der Waals surface area contributed by atoms with Gasteiger partial charge in [-0.25, -0.2) is 4.68 Å². The summed E-state index contributed by atoms with van der Waals surface area (Å²) >= 11 is 0. The van der Waals surface area contributed by atoms with Crippen LogP contribution >= 0.6 is 0 Å². The summed E-state index contributed by atoms with van der Waals surface area (Å²) in [4.78, 5) is 24.2. The van der Waals surface area contributed by atoms with E-state index in [4.69, 9.17) is 5.11 Å². The third-order valence-electron chi connectivity index (χ3n) is 3.25. The zero-order valence-electron chi connectivity index (χ0n) is 10.6. The molecular weight excluding hydrogens is 252 g/mol. The van der Waals surface area contributed by atoms with Crippen LogP contribution in [0, 0.1) is 5.92 Å². The predicted molar refractivity (Wildman–Crippen MR) is 63.3 cm³/mol. The molecule has 1 saturated heterocycles. The average molecular weight is 268 g/mol. The normalized spacial score (nSPS) is 20.5. The maximum absolute atomic E-state index is 12.1. The van der Waals surface area contributed by atoms with Gasteiger partial charge in [-0.3, -0.25) is 9.59 Å². The number of aliphatic hydroxyl groups is 1. The Kier molecular flexibility index (Phi) is 3.79. The lowest BCUT2D eigenvalue weighted by atomic mass is 10.0. The smallest absolute Gasteiger partial charge is 0.325 e. The molecule has 0 bridgehead atoms. The van der Waals surface area contributed by atoms with E-state index in [0.717, 1.165) is 11.1 Å². The molecule has 0 aromatic carbocycles. The number of hydrogen-bond acceptors (Lipinski definition) is 5. The van der Waals surface area contributed by atoms with Crippen LogP contribution in [0.5, 0.6) is 0 Å². The second-order valence-electron chi connectivity index (χ2n) is 4.74. The lowest BCUT2D eigenvalue weighted by molar-refractivity contribution is -0.137. The van der Waals surface area contributed by atoms with Crippen molar-refractivity contribution >= 4 is 11.9 Å². The molecule has 1 amide bonds. The number of aliphatic carboxylic acids is 1. The first-order chi connectivity index (χ1) is 8.97. The van der Waals surface area contributed by atoms with E-state index in [1.54, 1.807) is 11.8 Å². The number of rotatable bonds is 4. The number of carbonyl (C=O) groups excluding carboxylic acids is 1. The second-order valence-corrected chi connectivity index (χ2v) is 4.74. The molecule has 2 unspecified atom stereocenters. The lowest BCUT2D eigenvalue weighted by Gasteiger charge is -2.16. The molecule has 8 nitrogen and oxygen atoms in total. The van der Waals surface area contributed by atoms with Crippen molar-refractivity contribution in [2.24, 2.45) is 5.92 Å². The Balaban J connectivity index is 2.00. The molecule has 104 valence electrons. The van der Waals surface area contributed by atoms with Gasteiger partial charge in [-0.05, 0) is 13.3 Å². The number of nitrogens with zero attached hydrogens (tertiary/aromatic N) is 4. The maximum Gasteiger partial charge on any atom is 0.325 e. The van der Waals surface area contributed by atoms with Crippen LogP contribution < -0.4 is 0 Å². The predicted octanol–water partition coefficient (Wildman–Crippen LogP) is -0.794. The number of carboxylic acids is 1. The second kappa shape index (κ2) is 5.35. The van der Waals surface area contributed by atoms with Crippen molar-refractivity contribution in [2.75, 3.05) is 13.1 Å². The number of amides is 1. The van der Waals surface area contributed by atoms with Gasteiger partial charge in [-0.2, -0.15) is 0 Å². The molecule has 0 radical (unpaired) electrons. The third-order valence-corrected chi connectivity index (χ3v) is 3.25. The van der Waals surface area contributed by atoms with Gasteiger partial charge in [0.05, 0.1) is 12.3 Å². The number of hydrogen-bond donors (Lipinski definition) is 2. The van der Waals surface area contributed by atoms with E-state index in [1.807, 2.05) is 0 Å². The minimum atomic E-state index is -1.04. The molecule has 2 heterocycles. The summed E-state index contributed by atoms with van der Waals surface area (Å²) in [5.74, 6) is -1.24. The van der Waals surface area contributed by atoms with Crippen molar-refractivity contribution in [3.63, 3.8) is 0 Å². The van der Waals surface area contributed by atoms with Crippen LogP contribution in [0.25, 0.3) is 0 Å². The van der Waals surface area contributed by atoms with E-state index in [-0.39, 0.29) is 24.1 Å². The van der Waals surface area contributed by atoms with Gasteiger partial charge >= 0.3 is 5.97 Å². The molecule has 2 N–H and O–H groups in total. The standard InChI is InChI=1S/C11H16N4O4/c1-7(16)8-2-3-14(4-8)11(19)9-5-15(13-12-9)6-10(17)18/h5,7-8,16H,2-4,6H2,1H3,(H,17,18). The zero-order chi connectivity index (χ0) is 14.0. The Bertz CT molecular complexity index is 485. The molecule has 0 aliphatic carbocycles. The van der Waals surface area contributed by atoms with Crippen molar-refractivity contribution in [1.29, 1.82) is 0 Å². The van der Waals surface area contributed by atoms with Gasteiger partial charge in [0.1, 0.15) is 6.54 Å². The number of likely N-dealkylation sites (tertiary alicyclic amines) is 1. The minimum absolute atomic E-state index is 0.0815. The Labute approximate surface area is 109 Å². The van der Waals surface area contributed by atoms with E-state index in [9.17, 15) is 14.7 Å². The lowest BCUT2D eigenvalue weighted by Crippen LogP contribution is -2.30. The molecule has 1 aromatic heterocycles. The van der Waals surface area contributed by atoms with Gasteiger partial charge in [0.25, 0.3) is 5.91 Å². The highest BCUT2D eigenvalue weighted by molar-refractivity contribution is 5.92. The van der Waals surface area contributed by atoms with Gasteiger partial charge in [-0.15, -0.1) is 5.10 Å². The first kappa shape index (κ1) is 13.5. The van der Waals surface area contributed by atoms with Crippen molar-refractivity contribution in [1.82, 2.24) is 19.9 Å². The van der Waals surface area contributed by atoms with Gasteiger partial charge in [-0.1, -0.05) is 5.21 Å². The fourth-order valence-electron chi connectivity index (χ4n) is 2.14. The van der Waals surface area contributed by atoms with Crippen LogP contribution in [-0.2, 0) is 11.3 Å². The van der Waals surface area contributed by atoms with E-state index in [1.165, 1.54) is 6.20 Å². The number of aromatic nitrogens is 3. The monoisotopic (exact) mass is 268 g/mol. The van der Waals surface area contributed by atoms with Crippen molar-refractivity contribution in [2.45, 2.75) is 26.0 Å². The van der Waals surface area contributed by atoms with Crippen LogP contribution in [0.4, 0.5) is 0 Å². The topological polar surface area (TPSA) is 109 Å². The highest BCUT2D eigenvalue weighted by atomic mass is 16.4. The number of carboxylic acid groups (broad SMARTS) is 1. The average Bonchev–Trinajstić information content (AvgIpc) is 2.95. The highest BCUT2D eigenvalue weighted by Crippen LogP contribution is 2.20. The maximum atomic E-state index is 12.1. The van der Waals surface area contributed by atoms with Crippen molar-refractivity contribution in [3.8, 4) is 0 Å². The number of carbonyl (C=O) groups is 2. The van der Waals surface area contributed by atoms with Crippen LogP contribution in [0.2, 0.25) is 0 Å². The molecule has 0 spiro atoms. The first-order valence-electron chi connectivity index (χ1n) is 6.06. The van der Waals surface area contributed by atoms with Crippen molar-refractivity contribution < 1.29 is 19.8 Å². The number of aliphatic hydroxyl groups excluding tert-OH is 1. The minimum Gasteiger partial charge on any atom is -0.480 e. The fourth-order valence-corrected chi connectivity index (χ4v) is 2.14. The molecule has 1 aliphatic rings. The third kappa shape index (κ3) is 3.08. The molecule has 8 heteroatoms. The van der Waals surface area contributed by atoms with Crippen LogP contribution in [0.1, 0.15) is 23.8 Å². The fraction of sp³-hybridized carbons (Fsp3) is 0.636. The molecule has 0 saturated carbocycles. The van der Waals surface area contributed by atoms with Crippen molar-refractivity contribution in [3.05, 3.63) is 11.9 Å². The molecule has 2 rings (SSSR count). The zero-order valence-corrected chi connectivity index (χ0v) is 10.6. The van der Waals surface area contributed by atoms with Crippen LogP contribution in [0.3, 0.4) is 0 Å².